The highest BCUT2D eigenvalue weighted by Gasteiger charge is 2.02. The van der Waals surface area contributed by atoms with Gasteiger partial charge in [0.05, 0.1) is 5.71 Å². The Labute approximate surface area is 118 Å². The lowest BCUT2D eigenvalue weighted by Gasteiger charge is -2.04. The lowest BCUT2D eigenvalue weighted by Crippen LogP contribution is -2.22. The molecule has 0 aliphatic heterocycles. The molecular weight excluding hydrogens is 252 g/mol. The molecule has 4 nitrogen and oxygen atoms in total. The average Bonchev–Trinajstić information content (AvgIpc) is 2.52. The molecule has 0 radical (unpaired) electrons. The number of amides is 1. The molecule has 2 aromatic rings. The molecule has 0 spiro atoms. The summed E-state index contributed by atoms with van der Waals surface area (Å²) in [7, 11) is 0. The van der Waals surface area contributed by atoms with Crippen LogP contribution in [0.5, 0.6) is 0 Å². The Balaban J connectivity index is 1.83. The van der Waals surface area contributed by atoms with Crippen molar-refractivity contribution in [2.45, 2.75) is 13.5 Å². The van der Waals surface area contributed by atoms with E-state index in [0.717, 1.165) is 11.1 Å². The number of rotatable bonds is 4. The molecule has 0 unspecified atom stereocenters. The fraction of sp³-hybridized carbons (Fsp3) is 0.125. The highest BCUT2D eigenvalue weighted by atomic mass is 16.7. The molecule has 0 bridgehead atoms. The van der Waals surface area contributed by atoms with Crippen LogP contribution in [0.25, 0.3) is 0 Å². The second kappa shape index (κ2) is 7.09. The first kappa shape index (κ1) is 13.8. The van der Waals surface area contributed by atoms with Crippen molar-refractivity contribution in [1.82, 2.24) is 5.32 Å². The van der Waals surface area contributed by atoms with Gasteiger partial charge in [-0.15, -0.1) is 0 Å². The zero-order chi connectivity index (χ0) is 14.2. The van der Waals surface area contributed by atoms with Crippen molar-refractivity contribution in [3.8, 4) is 0 Å². The van der Waals surface area contributed by atoms with Crippen LogP contribution in [-0.4, -0.2) is 11.8 Å². The number of carbonyl (C=O) groups excluding carboxylic acids is 1. The third kappa shape index (κ3) is 4.24. The predicted octanol–water partition coefficient (Wildman–Crippen LogP) is 3.34. The van der Waals surface area contributed by atoms with E-state index >= 15 is 0 Å². The summed E-state index contributed by atoms with van der Waals surface area (Å²) in [5.74, 6) is 0. The molecule has 0 saturated heterocycles. The number of carbonyl (C=O) groups is 1. The quantitative estimate of drug-likeness (QED) is 0.525. The Bertz CT molecular complexity index is 580. The third-order valence-electron chi connectivity index (χ3n) is 2.74. The minimum absolute atomic E-state index is 0.416. The molecule has 0 fully saturated rings. The van der Waals surface area contributed by atoms with Gasteiger partial charge in [-0.1, -0.05) is 65.8 Å². The van der Waals surface area contributed by atoms with Gasteiger partial charge in [-0.2, -0.15) is 0 Å². The van der Waals surface area contributed by atoms with Crippen LogP contribution in [-0.2, 0) is 11.4 Å². The van der Waals surface area contributed by atoms with E-state index < -0.39 is 6.09 Å². The first-order valence-electron chi connectivity index (χ1n) is 6.34. The Hall–Kier alpha value is -2.62. The fourth-order valence-corrected chi connectivity index (χ4v) is 1.64. The normalized spacial score (nSPS) is 10.9. The lowest BCUT2D eigenvalue weighted by molar-refractivity contribution is 0.150. The summed E-state index contributed by atoms with van der Waals surface area (Å²) in [6, 6.07) is 19.2. The second-order valence-electron chi connectivity index (χ2n) is 4.26. The molecule has 2 rings (SSSR count). The molecule has 4 heteroatoms. The van der Waals surface area contributed by atoms with Gasteiger partial charge >= 0.3 is 6.09 Å². The molecule has 20 heavy (non-hydrogen) atoms. The number of nitrogens with zero attached hydrogens (tertiary/aromatic N) is 1. The van der Waals surface area contributed by atoms with Gasteiger partial charge < -0.3 is 5.32 Å². The maximum absolute atomic E-state index is 11.5. The van der Waals surface area contributed by atoms with Gasteiger partial charge in [0.2, 0.25) is 0 Å². The maximum Gasteiger partial charge on any atom is 0.433 e. The van der Waals surface area contributed by atoms with Crippen LogP contribution in [0.3, 0.4) is 0 Å². The van der Waals surface area contributed by atoms with Gasteiger partial charge in [0, 0.05) is 6.54 Å². The van der Waals surface area contributed by atoms with Gasteiger partial charge in [0.15, 0.2) is 0 Å². The van der Waals surface area contributed by atoms with E-state index in [2.05, 4.69) is 10.5 Å². The molecule has 0 saturated carbocycles. The van der Waals surface area contributed by atoms with Gasteiger partial charge in [-0.05, 0) is 18.1 Å². The number of benzene rings is 2. The Morgan fingerprint density at radius 3 is 2.30 bits per heavy atom. The predicted molar refractivity (Wildman–Crippen MR) is 78.4 cm³/mol. The van der Waals surface area contributed by atoms with Crippen LogP contribution in [0.15, 0.2) is 65.8 Å². The van der Waals surface area contributed by atoms with Crippen LogP contribution in [0.2, 0.25) is 0 Å². The molecule has 102 valence electrons. The first-order valence-corrected chi connectivity index (χ1v) is 6.34. The van der Waals surface area contributed by atoms with Crippen molar-refractivity contribution >= 4 is 11.8 Å². The van der Waals surface area contributed by atoms with E-state index in [1.54, 1.807) is 6.92 Å². The van der Waals surface area contributed by atoms with E-state index in [9.17, 15) is 4.79 Å². The molecule has 1 amide bonds. The van der Waals surface area contributed by atoms with Crippen LogP contribution in [0.4, 0.5) is 4.79 Å². The topological polar surface area (TPSA) is 50.7 Å². The minimum Gasteiger partial charge on any atom is -0.316 e. The average molecular weight is 268 g/mol. The summed E-state index contributed by atoms with van der Waals surface area (Å²) in [6.45, 7) is 2.21. The summed E-state index contributed by atoms with van der Waals surface area (Å²) >= 11 is 0. The number of oxime groups is 1. The molecule has 2 aromatic carbocycles. The zero-order valence-corrected chi connectivity index (χ0v) is 11.2. The second-order valence-corrected chi connectivity index (χ2v) is 4.26. The summed E-state index contributed by atoms with van der Waals surface area (Å²) in [4.78, 5) is 16.3. The van der Waals surface area contributed by atoms with Crippen molar-refractivity contribution in [3.05, 3.63) is 71.8 Å². The first-order chi connectivity index (χ1) is 9.75. The summed E-state index contributed by atoms with van der Waals surface area (Å²) in [6.07, 6.45) is -0.566. The number of nitrogens with one attached hydrogen (secondary N) is 1. The molecule has 0 aliphatic rings. The number of hydrogen-bond acceptors (Lipinski definition) is 3. The summed E-state index contributed by atoms with van der Waals surface area (Å²) in [5.41, 5.74) is 2.58. The lowest BCUT2D eigenvalue weighted by atomic mass is 10.1. The Morgan fingerprint density at radius 2 is 1.65 bits per heavy atom. The molecule has 0 aromatic heterocycles. The zero-order valence-electron chi connectivity index (χ0n) is 11.2. The van der Waals surface area contributed by atoms with E-state index in [0.29, 0.717) is 12.3 Å². The van der Waals surface area contributed by atoms with Crippen molar-refractivity contribution in [2.24, 2.45) is 5.16 Å². The van der Waals surface area contributed by atoms with Crippen molar-refractivity contribution in [1.29, 1.82) is 0 Å². The fourth-order valence-electron chi connectivity index (χ4n) is 1.64. The smallest absolute Gasteiger partial charge is 0.316 e. The van der Waals surface area contributed by atoms with Gasteiger partial charge in [0.1, 0.15) is 0 Å². The van der Waals surface area contributed by atoms with Crippen molar-refractivity contribution < 1.29 is 9.63 Å². The molecule has 1 N–H and O–H groups in total. The van der Waals surface area contributed by atoms with Gasteiger partial charge in [0.25, 0.3) is 0 Å². The third-order valence-corrected chi connectivity index (χ3v) is 2.74. The van der Waals surface area contributed by atoms with Crippen LogP contribution in [0, 0.1) is 0 Å². The maximum atomic E-state index is 11.5. The molecule has 0 aliphatic carbocycles. The standard InChI is InChI=1S/C16H16N2O2/c1-13(15-10-6-3-7-11-15)18-20-16(19)17-12-14-8-4-2-5-9-14/h2-11H,12H2,1H3,(H,17,19)/b18-13+. The molecular formula is C16H16N2O2. The Morgan fingerprint density at radius 1 is 1.05 bits per heavy atom. The van der Waals surface area contributed by atoms with Crippen LogP contribution in [0.1, 0.15) is 18.1 Å². The van der Waals surface area contributed by atoms with E-state index in [1.807, 2.05) is 60.7 Å². The molecule has 0 atom stereocenters. The summed E-state index contributed by atoms with van der Waals surface area (Å²) in [5, 5.41) is 6.45. The van der Waals surface area contributed by atoms with E-state index in [4.69, 9.17) is 4.84 Å². The molecule has 0 heterocycles. The monoisotopic (exact) mass is 268 g/mol. The van der Waals surface area contributed by atoms with Gasteiger partial charge in [-0.3, -0.25) is 4.84 Å². The van der Waals surface area contributed by atoms with E-state index in [1.165, 1.54) is 0 Å². The van der Waals surface area contributed by atoms with E-state index in [-0.39, 0.29) is 0 Å². The highest BCUT2D eigenvalue weighted by Crippen LogP contribution is 2.01. The highest BCUT2D eigenvalue weighted by molar-refractivity contribution is 5.98. The van der Waals surface area contributed by atoms with Crippen LogP contribution >= 0.6 is 0 Å². The van der Waals surface area contributed by atoms with Crippen molar-refractivity contribution in [2.75, 3.05) is 0 Å². The SMILES string of the molecule is C/C(=N\OC(=O)NCc1ccccc1)c1ccccc1. The van der Waals surface area contributed by atoms with Crippen LogP contribution < -0.4 is 5.32 Å². The Kier molecular flexibility index (Phi) is 4.89. The number of hydrogen-bond donors (Lipinski definition) is 1. The van der Waals surface area contributed by atoms with Crippen molar-refractivity contribution in [3.63, 3.8) is 0 Å². The largest absolute Gasteiger partial charge is 0.433 e. The summed E-state index contributed by atoms with van der Waals surface area (Å²) < 4.78 is 0. The van der Waals surface area contributed by atoms with Gasteiger partial charge in [-0.25, -0.2) is 4.79 Å². The minimum atomic E-state index is -0.566.